The number of nitrogens with zero attached hydrogens (tertiary/aromatic N) is 1. The molecule has 2 aromatic rings. The average Bonchev–Trinajstić information content (AvgIpc) is 3.18. The number of ether oxygens (including phenoxy) is 1. The first-order valence-electron chi connectivity index (χ1n) is 9.11. The second-order valence-corrected chi connectivity index (χ2v) is 6.39. The molecule has 1 aliphatic heterocycles. The molecule has 0 aliphatic carbocycles. The maximum absolute atomic E-state index is 12.6. The minimum absolute atomic E-state index is 0.274. The number of aromatic nitrogens is 1. The highest BCUT2D eigenvalue weighted by molar-refractivity contribution is 6.06. The molecule has 0 bridgehead atoms. The third-order valence-corrected chi connectivity index (χ3v) is 4.50. The second kappa shape index (κ2) is 8.68. The van der Waals surface area contributed by atoms with Crippen molar-refractivity contribution in [3.05, 3.63) is 36.0 Å². The third-order valence-electron chi connectivity index (χ3n) is 4.50. The molecule has 4 amide bonds. The number of aromatic amines is 1. The van der Waals surface area contributed by atoms with Gasteiger partial charge in [0.1, 0.15) is 12.6 Å². The van der Waals surface area contributed by atoms with Gasteiger partial charge in [0.15, 0.2) is 0 Å². The van der Waals surface area contributed by atoms with E-state index in [0.717, 1.165) is 21.4 Å². The van der Waals surface area contributed by atoms with Crippen LogP contribution in [0.2, 0.25) is 0 Å². The fourth-order valence-corrected chi connectivity index (χ4v) is 3.13. The number of para-hydroxylation sites is 1. The number of urea groups is 1. The van der Waals surface area contributed by atoms with Crippen molar-refractivity contribution < 1.29 is 19.1 Å². The number of rotatable bonds is 9. The Kier molecular flexibility index (Phi) is 6.08. The van der Waals surface area contributed by atoms with E-state index in [4.69, 9.17) is 4.74 Å². The molecular formula is C19H24N4O4. The first-order valence-corrected chi connectivity index (χ1v) is 9.11. The van der Waals surface area contributed by atoms with Gasteiger partial charge in [0.2, 0.25) is 5.91 Å². The molecule has 0 unspecified atom stereocenters. The van der Waals surface area contributed by atoms with Gasteiger partial charge in [0.25, 0.3) is 5.91 Å². The van der Waals surface area contributed by atoms with Crippen LogP contribution in [0.1, 0.15) is 18.9 Å². The van der Waals surface area contributed by atoms with Gasteiger partial charge in [0, 0.05) is 43.3 Å². The Hall–Kier alpha value is -2.87. The number of fused-ring (bicyclic) bond motifs is 1. The summed E-state index contributed by atoms with van der Waals surface area (Å²) in [5.41, 5.74) is 1.93. The smallest absolute Gasteiger partial charge is 0.325 e. The first kappa shape index (κ1) is 18.9. The molecule has 27 heavy (non-hydrogen) atoms. The van der Waals surface area contributed by atoms with Gasteiger partial charge in [-0.3, -0.25) is 14.5 Å². The molecule has 8 heteroatoms. The van der Waals surface area contributed by atoms with Gasteiger partial charge in [-0.05, 0) is 25.0 Å². The van der Waals surface area contributed by atoms with Crippen LogP contribution in [0.15, 0.2) is 30.5 Å². The van der Waals surface area contributed by atoms with Crippen molar-refractivity contribution >= 4 is 28.7 Å². The van der Waals surface area contributed by atoms with Crippen molar-refractivity contribution in [3.8, 4) is 0 Å². The SMILES string of the molecule is CCOCCCNC(=O)CN1C(=O)N[C@H](Cc2c[nH]c3ccccc23)C1=O. The summed E-state index contributed by atoms with van der Waals surface area (Å²) in [5, 5.41) is 6.38. The van der Waals surface area contributed by atoms with E-state index in [1.54, 1.807) is 0 Å². The lowest BCUT2D eigenvalue weighted by molar-refractivity contribution is -0.132. The topological polar surface area (TPSA) is 104 Å². The molecule has 3 N–H and O–H groups in total. The molecule has 144 valence electrons. The van der Waals surface area contributed by atoms with Crippen LogP contribution in [-0.2, 0) is 20.7 Å². The van der Waals surface area contributed by atoms with Crippen LogP contribution in [-0.4, -0.2) is 60.1 Å². The zero-order valence-electron chi connectivity index (χ0n) is 15.3. The molecule has 1 fully saturated rings. The molecule has 1 aliphatic rings. The van der Waals surface area contributed by atoms with Crippen molar-refractivity contribution in [3.63, 3.8) is 0 Å². The zero-order valence-corrected chi connectivity index (χ0v) is 15.3. The van der Waals surface area contributed by atoms with Crippen molar-refractivity contribution in [2.75, 3.05) is 26.3 Å². The van der Waals surface area contributed by atoms with E-state index >= 15 is 0 Å². The van der Waals surface area contributed by atoms with E-state index in [1.807, 2.05) is 37.4 Å². The van der Waals surface area contributed by atoms with Gasteiger partial charge in [-0.25, -0.2) is 4.79 Å². The molecule has 1 saturated heterocycles. The van der Waals surface area contributed by atoms with Crippen LogP contribution in [0.25, 0.3) is 10.9 Å². The molecule has 1 aromatic carbocycles. The fraction of sp³-hybridized carbons (Fsp3) is 0.421. The zero-order chi connectivity index (χ0) is 19.2. The Balaban J connectivity index is 1.54. The molecule has 0 spiro atoms. The fourth-order valence-electron chi connectivity index (χ4n) is 3.13. The Morgan fingerprint density at radius 3 is 2.93 bits per heavy atom. The van der Waals surface area contributed by atoms with Crippen LogP contribution >= 0.6 is 0 Å². The summed E-state index contributed by atoms with van der Waals surface area (Å²) in [6, 6.07) is 6.58. The van der Waals surface area contributed by atoms with E-state index in [9.17, 15) is 14.4 Å². The van der Waals surface area contributed by atoms with Crippen LogP contribution in [0.3, 0.4) is 0 Å². The second-order valence-electron chi connectivity index (χ2n) is 6.39. The predicted molar refractivity (Wildman–Crippen MR) is 100 cm³/mol. The number of hydrogen-bond acceptors (Lipinski definition) is 4. The van der Waals surface area contributed by atoms with Crippen LogP contribution in [0.5, 0.6) is 0 Å². The highest BCUT2D eigenvalue weighted by atomic mass is 16.5. The lowest BCUT2D eigenvalue weighted by atomic mass is 10.1. The summed E-state index contributed by atoms with van der Waals surface area (Å²) in [6.07, 6.45) is 2.90. The molecule has 0 saturated carbocycles. The monoisotopic (exact) mass is 372 g/mol. The van der Waals surface area contributed by atoms with Gasteiger partial charge in [0.05, 0.1) is 0 Å². The summed E-state index contributed by atoms with van der Waals surface area (Å²) >= 11 is 0. The Bertz CT molecular complexity index is 832. The number of carbonyl (C=O) groups excluding carboxylic acids is 3. The minimum Gasteiger partial charge on any atom is -0.382 e. The van der Waals surface area contributed by atoms with Crippen LogP contribution in [0.4, 0.5) is 4.79 Å². The van der Waals surface area contributed by atoms with Crippen LogP contribution in [0, 0.1) is 0 Å². The Morgan fingerprint density at radius 2 is 2.11 bits per heavy atom. The number of hydrogen-bond donors (Lipinski definition) is 3. The molecule has 8 nitrogen and oxygen atoms in total. The largest absolute Gasteiger partial charge is 0.382 e. The van der Waals surface area contributed by atoms with Gasteiger partial charge in [-0.15, -0.1) is 0 Å². The highest BCUT2D eigenvalue weighted by Gasteiger charge is 2.39. The summed E-state index contributed by atoms with van der Waals surface area (Å²) < 4.78 is 5.19. The van der Waals surface area contributed by atoms with Gasteiger partial charge >= 0.3 is 6.03 Å². The number of amides is 4. The van der Waals surface area contributed by atoms with Gasteiger partial charge in [-0.1, -0.05) is 18.2 Å². The quantitative estimate of drug-likeness (QED) is 0.454. The minimum atomic E-state index is -0.664. The van der Waals surface area contributed by atoms with E-state index in [1.165, 1.54) is 0 Å². The summed E-state index contributed by atoms with van der Waals surface area (Å²) in [5.74, 6) is -0.738. The van der Waals surface area contributed by atoms with E-state index in [0.29, 0.717) is 32.6 Å². The molecule has 1 atom stereocenters. The van der Waals surface area contributed by atoms with E-state index in [2.05, 4.69) is 15.6 Å². The Labute approximate surface area is 157 Å². The van der Waals surface area contributed by atoms with E-state index < -0.39 is 12.1 Å². The summed E-state index contributed by atoms with van der Waals surface area (Å²) in [7, 11) is 0. The normalized spacial score (nSPS) is 16.8. The van der Waals surface area contributed by atoms with Crippen molar-refractivity contribution in [1.29, 1.82) is 0 Å². The lowest BCUT2D eigenvalue weighted by Gasteiger charge is -2.13. The van der Waals surface area contributed by atoms with Crippen molar-refractivity contribution in [2.24, 2.45) is 0 Å². The van der Waals surface area contributed by atoms with Crippen molar-refractivity contribution in [2.45, 2.75) is 25.8 Å². The first-order chi connectivity index (χ1) is 13.1. The lowest BCUT2D eigenvalue weighted by Crippen LogP contribution is -2.41. The van der Waals surface area contributed by atoms with Crippen LogP contribution < -0.4 is 10.6 Å². The summed E-state index contributed by atoms with van der Waals surface area (Å²) in [4.78, 5) is 40.8. The maximum Gasteiger partial charge on any atom is 0.325 e. The number of imide groups is 1. The molecule has 2 heterocycles. The van der Waals surface area contributed by atoms with Gasteiger partial charge in [-0.2, -0.15) is 0 Å². The number of H-pyrrole nitrogens is 1. The molecular weight excluding hydrogens is 348 g/mol. The molecule has 0 radical (unpaired) electrons. The predicted octanol–water partition coefficient (Wildman–Crippen LogP) is 1.17. The maximum atomic E-state index is 12.6. The molecule has 1 aromatic heterocycles. The van der Waals surface area contributed by atoms with E-state index in [-0.39, 0.29) is 18.4 Å². The number of carbonyl (C=O) groups is 3. The van der Waals surface area contributed by atoms with Crippen molar-refractivity contribution in [1.82, 2.24) is 20.5 Å². The van der Waals surface area contributed by atoms with Gasteiger partial charge < -0.3 is 20.4 Å². The summed E-state index contributed by atoms with van der Waals surface area (Å²) in [6.45, 7) is 3.27. The molecule has 3 rings (SSSR count). The third kappa shape index (κ3) is 4.46. The Morgan fingerprint density at radius 1 is 1.30 bits per heavy atom. The average molecular weight is 372 g/mol. The number of nitrogens with one attached hydrogen (secondary N) is 3. The standard InChI is InChI=1S/C19H24N4O4/c1-2-27-9-5-8-20-17(24)12-23-18(25)16(22-19(23)26)10-13-11-21-15-7-4-3-6-14(13)15/h3-4,6-7,11,16,21H,2,5,8-10,12H2,1H3,(H,20,24)(H,22,26)/t16-/m1/s1. The highest BCUT2D eigenvalue weighted by Crippen LogP contribution is 2.21. The number of benzene rings is 1.